The van der Waals surface area contributed by atoms with E-state index in [1.807, 2.05) is 64.1 Å². The number of carbonyl (C=O) groups excluding carboxylic acids is 2. The highest BCUT2D eigenvalue weighted by molar-refractivity contribution is 6.01. The second-order valence-electron chi connectivity index (χ2n) is 7.98. The van der Waals surface area contributed by atoms with Crippen molar-refractivity contribution in [2.45, 2.75) is 60.3 Å². The first-order chi connectivity index (χ1) is 14.3. The standard InChI is InChI=1S/C26H34O4/c1-7-29-24(27)26(25(28)30-8-2,16-15-22-12-9-18(3)10-13-22)21(6)23-14-11-19(4)17-20(23)5/h9-14,17,21H,7-8,15-16H2,1-6H3. The molecule has 4 nitrogen and oxygen atoms in total. The molecule has 0 N–H and O–H groups in total. The molecule has 0 spiro atoms. The lowest BCUT2D eigenvalue weighted by Crippen LogP contribution is -2.46. The summed E-state index contributed by atoms with van der Waals surface area (Å²) in [6, 6.07) is 14.3. The third-order valence-corrected chi connectivity index (χ3v) is 5.84. The lowest BCUT2D eigenvalue weighted by atomic mass is 9.68. The van der Waals surface area contributed by atoms with E-state index in [-0.39, 0.29) is 19.1 Å². The maximum atomic E-state index is 13.3. The van der Waals surface area contributed by atoms with E-state index in [2.05, 4.69) is 6.07 Å². The summed E-state index contributed by atoms with van der Waals surface area (Å²) < 4.78 is 10.9. The van der Waals surface area contributed by atoms with E-state index in [4.69, 9.17) is 9.47 Å². The molecule has 0 saturated heterocycles. The quantitative estimate of drug-likeness (QED) is 0.407. The van der Waals surface area contributed by atoms with Crippen LogP contribution in [0.3, 0.4) is 0 Å². The van der Waals surface area contributed by atoms with Crippen LogP contribution in [-0.2, 0) is 25.5 Å². The molecule has 162 valence electrons. The van der Waals surface area contributed by atoms with E-state index in [1.165, 1.54) is 5.56 Å². The number of benzene rings is 2. The lowest BCUT2D eigenvalue weighted by molar-refractivity contribution is -0.174. The van der Waals surface area contributed by atoms with E-state index >= 15 is 0 Å². The summed E-state index contributed by atoms with van der Waals surface area (Å²) in [6.45, 7) is 12.0. The van der Waals surface area contributed by atoms with E-state index in [9.17, 15) is 9.59 Å². The number of ether oxygens (including phenoxy) is 2. The van der Waals surface area contributed by atoms with Crippen molar-refractivity contribution in [1.82, 2.24) is 0 Å². The van der Waals surface area contributed by atoms with Gasteiger partial charge in [0.15, 0.2) is 5.41 Å². The summed E-state index contributed by atoms with van der Waals surface area (Å²) in [5.41, 5.74) is 4.00. The van der Waals surface area contributed by atoms with Gasteiger partial charge in [0.1, 0.15) is 0 Å². The van der Waals surface area contributed by atoms with E-state index < -0.39 is 17.4 Å². The highest BCUT2D eigenvalue weighted by Crippen LogP contribution is 2.43. The Morgan fingerprint density at radius 1 is 0.867 bits per heavy atom. The molecule has 0 saturated carbocycles. The molecule has 0 aliphatic heterocycles. The monoisotopic (exact) mass is 410 g/mol. The van der Waals surface area contributed by atoms with Crippen LogP contribution in [0.4, 0.5) is 0 Å². The van der Waals surface area contributed by atoms with Gasteiger partial charge in [-0.15, -0.1) is 0 Å². The Bertz CT molecular complexity index is 849. The van der Waals surface area contributed by atoms with Crippen molar-refractivity contribution in [3.63, 3.8) is 0 Å². The molecule has 0 aromatic heterocycles. The van der Waals surface area contributed by atoms with Crippen molar-refractivity contribution in [3.8, 4) is 0 Å². The SMILES string of the molecule is CCOC(=O)C(CCc1ccc(C)cc1)(C(=O)OCC)C(C)c1ccc(C)cc1C. The van der Waals surface area contributed by atoms with Gasteiger partial charge >= 0.3 is 11.9 Å². The number of esters is 2. The molecule has 2 aromatic rings. The Hall–Kier alpha value is -2.62. The highest BCUT2D eigenvalue weighted by atomic mass is 16.6. The summed E-state index contributed by atoms with van der Waals surface area (Å²) in [7, 11) is 0. The fourth-order valence-electron chi connectivity index (χ4n) is 4.05. The predicted octanol–water partition coefficient (Wildman–Crippen LogP) is 5.46. The summed E-state index contributed by atoms with van der Waals surface area (Å²) in [6.07, 6.45) is 0.898. The summed E-state index contributed by atoms with van der Waals surface area (Å²) in [4.78, 5) is 26.7. The third-order valence-electron chi connectivity index (χ3n) is 5.84. The number of hydrogen-bond donors (Lipinski definition) is 0. The molecular weight excluding hydrogens is 376 g/mol. The van der Waals surface area contributed by atoms with E-state index in [1.54, 1.807) is 13.8 Å². The molecule has 0 bridgehead atoms. The average Bonchev–Trinajstić information content (AvgIpc) is 2.70. The summed E-state index contributed by atoms with van der Waals surface area (Å²) >= 11 is 0. The van der Waals surface area contributed by atoms with Gasteiger partial charge in [0, 0.05) is 5.92 Å². The van der Waals surface area contributed by atoms with Crippen molar-refractivity contribution in [2.75, 3.05) is 13.2 Å². The maximum absolute atomic E-state index is 13.3. The van der Waals surface area contributed by atoms with Crippen molar-refractivity contribution < 1.29 is 19.1 Å². The van der Waals surface area contributed by atoms with Gasteiger partial charge in [-0.3, -0.25) is 9.59 Å². The minimum absolute atomic E-state index is 0.212. The Morgan fingerprint density at radius 3 is 1.90 bits per heavy atom. The fourth-order valence-corrected chi connectivity index (χ4v) is 4.05. The van der Waals surface area contributed by atoms with Crippen LogP contribution < -0.4 is 0 Å². The van der Waals surface area contributed by atoms with Crippen LogP contribution in [0.5, 0.6) is 0 Å². The van der Waals surface area contributed by atoms with Gasteiger partial charge in [0.25, 0.3) is 0 Å². The van der Waals surface area contributed by atoms with Crippen LogP contribution >= 0.6 is 0 Å². The summed E-state index contributed by atoms with van der Waals surface area (Å²) in [5.74, 6) is -1.41. The Morgan fingerprint density at radius 2 is 1.40 bits per heavy atom. The first-order valence-electron chi connectivity index (χ1n) is 10.7. The zero-order valence-corrected chi connectivity index (χ0v) is 19.1. The zero-order chi connectivity index (χ0) is 22.3. The molecule has 0 radical (unpaired) electrons. The smallest absolute Gasteiger partial charge is 0.324 e. The molecule has 0 amide bonds. The van der Waals surface area contributed by atoms with Crippen molar-refractivity contribution in [1.29, 1.82) is 0 Å². The van der Waals surface area contributed by atoms with E-state index in [0.717, 1.165) is 22.3 Å². The Kier molecular flexibility index (Phi) is 8.22. The van der Waals surface area contributed by atoms with Gasteiger partial charge in [-0.2, -0.15) is 0 Å². The molecule has 0 aliphatic rings. The average molecular weight is 411 g/mol. The molecule has 2 rings (SSSR count). The fraction of sp³-hybridized carbons (Fsp3) is 0.462. The molecule has 0 fully saturated rings. The van der Waals surface area contributed by atoms with Crippen LogP contribution in [0.2, 0.25) is 0 Å². The third kappa shape index (κ3) is 5.10. The maximum Gasteiger partial charge on any atom is 0.324 e. The molecule has 1 atom stereocenters. The van der Waals surface area contributed by atoms with Crippen LogP contribution in [0, 0.1) is 26.2 Å². The zero-order valence-electron chi connectivity index (χ0n) is 19.1. The van der Waals surface area contributed by atoms with Crippen LogP contribution in [0.1, 0.15) is 60.9 Å². The lowest BCUT2D eigenvalue weighted by Gasteiger charge is -2.35. The van der Waals surface area contributed by atoms with Crippen LogP contribution in [-0.4, -0.2) is 25.2 Å². The molecule has 1 unspecified atom stereocenters. The van der Waals surface area contributed by atoms with Gasteiger partial charge in [0.05, 0.1) is 13.2 Å². The summed E-state index contributed by atoms with van der Waals surface area (Å²) in [5, 5.41) is 0. The Balaban J connectivity index is 2.54. The van der Waals surface area contributed by atoms with Crippen molar-refractivity contribution >= 4 is 11.9 Å². The second kappa shape index (κ2) is 10.4. The number of hydrogen-bond acceptors (Lipinski definition) is 4. The predicted molar refractivity (Wildman–Crippen MR) is 120 cm³/mol. The number of aryl methyl sites for hydroxylation is 4. The second-order valence-corrected chi connectivity index (χ2v) is 7.98. The van der Waals surface area contributed by atoms with Gasteiger partial charge in [0.2, 0.25) is 0 Å². The topological polar surface area (TPSA) is 52.6 Å². The van der Waals surface area contributed by atoms with Crippen molar-refractivity contribution in [3.05, 3.63) is 70.3 Å². The molecule has 2 aromatic carbocycles. The molecule has 0 heterocycles. The molecule has 30 heavy (non-hydrogen) atoms. The first-order valence-corrected chi connectivity index (χ1v) is 10.7. The highest BCUT2D eigenvalue weighted by Gasteiger charge is 2.53. The largest absolute Gasteiger partial charge is 0.465 e. The van der Waals surface area contributed by atoms with Gasteiger partial charge < -0.3 is 9.47 Å². The van der Waals surface area contributed by atoms with Gasteiger partial charge in [-0.25, -0.2) is 0 Å². The molecule has 4 heteroatoms. The van der Waals surface area contributed by atoms with Gasteiger partial charge in [-0.05, 0) is 64.2 Å². The van der Waals surface area contributed by atoms with Crippen LogP contribution in [0.15, 0.2) is 42.5 Å². The van der Waals surface area contributed by atoms with Crippen molar-refractivity contribution in [2.24, 2.45) is 5.41 Å². The normalized spacial score (nSPS) is 12.3. The molecule has 0 aliphatic carbocycles. The Labute approximate surface area is 180 Å². The number of rotatable bonds is 9. The number of carbonyl (C=O) groups is 2. The van der Waals surface area contributed by atoms with Gasteiger partial charge in [-0.1, -0.05) is 60.5 Å². The first kappa shape index (κ1) is 23.7. The minimum atomic E-state index is -1.41. The van der Waals surface area contributed by atoms with E-state index in [0.29, 0.717) is 12.8 Å². The minimum Gasteiger partial charge on any atom is -0.465 e. The molecular formula is C26H34O4. The van der Waals surface area contributed by atoms with Crippen LogP contribution in [0.25, 0.3) is 0 Å².